The molecular formula is C11H14O2. The number of methoxy groups -OCH3 is 1. The van der Waals surface area contributed by atoms with Crippen LogP contribution in [0.2, 0.25) is 0 Å². The molecule has 0 unspecified atom stereocenters. The third-order valence-corrected chi connectivity index (χ3v) is 2.51. The molecular weight excluding hydrogens is 164 g/mol. The van der Waals surface area contributed by atoms with E-state index < -0.39 is 0 Å². The second-order valence-corrected chi connectivity index (χ2v) is 4.03. The molecule has 0 aliphatic carbocycles. The Morgan fingerprint density at radius 2 is 2.15 bits per heavy atom. The number of fused-ring (bicyclic) bond motifs is 1. The van der Waals surface area contributed by atoms with Crippen molar-refractivity contribution in [3.63, 3.8) is 0 Å². The Morgan fingerprint density at radius 1 is 1.38 bits per heavy atom. The van der Waals surface area contributed by atoms with Gasteiger partial charge in [-0.3, -0.25) is 0 Å². The SMILES string of the molecule is COc1ccc2c(c1)OCC2(C)C. The maximum atomic E-state index is 5.58. The Balaban J connectivity index is 2.46. The molecule has 0 saturated carbocycles. The van der Waals surface area contributed by atoms with Crippen molar-refractivity contribution in [2.75, 3.05) is 13.7 Å². The highest BCUT2D eigenvalue weighted by Gasteiger charge is 2.31. The first-order valence-electron chi connectivity index (χ1n) is 4.45. The van der Waals surface area contributed by atoms with Gasteiger partial charge in [0.25, 0.3) is 0 Å². The smallest absolute Gasteiger partial charge is 0.126 e. The quantitative estimate of drug-likeness (QED) is 0.657. The Morgan fingerprint density at radius 3 is 2.85 bits per heavy atom. The van der Waals surface area contributed by atoms with E-state index in [4.69, 9.17) is 9.47 Å². The van der Waals surface area contributed by atoms with Crippen molar-refractivity contribution >= 4 is 0 Å². The monoisotopic (exact) mass is 178 g/mol. The average Bonchev–Trinajstić information content (AvgIpc) is 2.42. The van der Waals surface area contributed by atoms with E-state index in [9.17, 15) is 0 Å². The lowest BCUT2D eigenvalue weighted by Gasteiger charge is -2.14. The summed E-state index contributed by atoms with van der Waals surface area (Å²) in [6.45, 7) is 5.13. The van der Waals surface area contributed by atoms with Crippen LogP contribution in [0.15, 0.2) is 18.2 Å². The molecule has 1 aromatic rings. The highest BCUT2D eigenvalue weighted by Crippen LogP contribution is 2.39. The summed E-state index contributed by atoms with van der Waals surface area (Å²) in [5, 5.41) is 0. The molecule has 0 N–H and O–H groups in total. The predicted molar refractivity (Wildman–Crippen MR) is 51.5 cm³/mol. The first kappa shape index (κ1) is 8.42. The summed E-state index contributed by atoms with van der Waals surface area (Å²) in [6.07, 6.45) is 0. The minimum absolute atomic E-state index is 0.140. The molecule has 70 valence electrons. The van der Waals surface area contributed by atoms with Crippen LogP contribution in [-0.4, -0.2) is 13.7 Å². The van der Waals surface area contributed by atoms with Crippen molar-refractivity contribution in [2.45, 2.75) is 19.3 Å². The van der Waals surface area contributed by atoms with Gasteiger partial charge in [-0.05, 0) is 6.07 Å². The van der Waals surface area contributed by atoms with E-state index in [1.165, 1.54) is 5.56 Å². The maximum Gasteiger partial charge on any atom is 0.126 e. The first-order chi connectivity index (χ1) is 6.13. The summed E-state index contributed by atoms with van der Waals surface area (Å²) < 4.78 is 10.7. The largest absolute Gasteiger partial charge is 0.497 e. The van der Waals surface area contributed by atoms with Crippen molar-refractivity contribution in [3.8, 4) is 11.5 Å². The summed E-state index contributed by atoms with van der Waals surface area (Å²) in [6, 6.07) is 6.01. The summed E-state index contributed by atoms with van der Waals surface area (Å²) in [5.74, 6) is 1.82. The molecule has 1 heterocycles. The number of rotatable bonds is 1. The lowest BCUT2D eigenvalue weighted by atomic mass is 9.87. The highest BCUT2D eigenvalue weighted by molar-refractivity contribution is 5.47. The zero-order valence-electron chi connectivity index (χ0n) is 8.26. The fourth-order valence-corrected chi connectivity index (χ4v) is 1.64. The van der Waals surface area contributed by atoms with E-state index in [1.54, 1.807) is 7.11 Å². The van der Waals surface area contributed by atoms with Gasteiger partial charge in [0.2, 0.25) is 0 Å². The lowest BCUT2D eigenvalue weighted by Crippen LogP contribution is -2.18. The van der Waals surface area contributed by atoms with Gasteiger partial charge in [-0.2, -0.15) is 0 Å². The average molecular weight is 178 g/mol. The topological polar surface area (TPSA) is 18.5 Å². The Hall–Kier alpha value is -1.18. The molecule has 1 aliphatic rings. The van der Waals surface area contributed by atoms with E-state index in [0.29, 0.717) is 0 Å². The van der Waals surface area contributed by atoms with E-state index in [1.807, 2.05) is 12.1 Å². The van der Waals surface area contributed by atoms with Crippen LogP contribution < -0.4 is 9.47 Å². The maximum absolute atomic E-state index is 5.58. The Bertz CT molecular complexity index is 329. The number of benzene rings is 1. The van der Waals surface area contributed by atoms with Crippen LogP contribution in [0, 0.1) is 0 Å². The summed E-state index contributed by atoms with van der Waals surface area (Å²) >= 11 is 0. The van der Waals surface area contributed by atoms with Crippen molar-refractivity contribution in [3.05, 3.63) is 23.8 Å². The van der Waals surface area contributed by atoms with Gasteiger partial charge in [0.15, 0.2) is 0 Å². The van der Waals surface area contributed by atoms with Crippen LogP contribution in [0.3, 0.4) is 0 Å². The van der Waals surface area contributed by atoms with Gasteiger partial charge in [0.05, 0.1) is 13.7 Å². The molecule has 13 heavy (non-hydrogen) atoms. The Labute approximate surface area is 78.5 Å². The number of ether oxygens (including phenoxy) is 2. The number of hydrogen-bond acceptors (Lipinski definition) is 2. The molecule has 1 aliphatic heterocycles. The van der Waals surface area contributed by atoms with Crippen molar-refractivity contribution in [1.82, 2.24) is 0 Å². The van der Waals surface area contributed by atoms with Gasteiger partial charge >= 0.3 is 0 Å². The molecule has 0 bridgehead atoms. The molecule has 0 saturated heterocycles. The molecule has 2 nitrogen and oxygen atoms in total. The van der Waals surface area contributed by atoms with E-state index in [0.717, 1.165) is 18.1 Å². The second-order valence-electron chi connectivity index (χ2n) is 4.03. The zero-order chi connectivity index (χ0) is 9.47. The van der Waals surface area contributed by atoms with Crippen molar-refractivity contribution in [2.24, 2.45) is 0 Å². The third kappa shape index (κ3) is 1.26. The van der Waals surface area contributed by atoms with Crippen LogP contribution in [0.5, 0.6) is 11.5 Å². The van der Waals surface area contributed by atoms with Gasteiger partial charge in [-0.1, -0.05) is 19.9 Å². The summed E-state index contributed by atoms with van der Waals surface area (Å²) in [7, 11) is 1.67. The van der Waals surface area contributed by atoms with E-state index >= 15 is 0 Å². The van der Waals surface area contributed by atoms with Gasteiger partial charge in [-0.25, -0.2) is 0 Å². The molecule has 0 atom stereocenters. The van der Waals surface area contributed by atoms with Crippen molar-refractivity contribution < 1.29 is 9.47 Å². The van der Waals surface area contributed by atoms with Crippen LogP contribution >= 0.6 is 0 Å². The van der Waals surface area contributed by atoms with Crippen LogP contribution in [0.25, 0.3) is 0 Å². The highest BCUT2D eigenvalue weighted by atomic mass is 16.5. The van der Waals surface area contributed by atoms with Gasteiger partial charge in [-0.15, -0.1) is 0 Å². The molecule has 2 heteroatoms. The molecule has 0 spiro atoms. The normalized spacial score (nSPS) is 17.8. The fraction of sp³-hybridized carbons (Fsp3) is 0.455. The molecule has 0 amide bonds. The van der Waals surface area contributed by atoms with Crippen LogP contribution in [-0.2, 0) is 5.41 Å². The summed E-state index contributed by atoms with van der Waals surface area (Å²) in [5.41, 5.74) is 1.41. The minimum atomic E-state index is 0.140. The third-order valence-electron chi connectivity index (χ3n) is 2.51. The molecule has 0 aromatic heterocycles. The summed E-state index contributed by atoms with van der Waals surface area (Å²) in [4.78, 5) is 0. The Kier molecular flexibility index (Phi) is 1.72. The molecule has 0 fully saturated rings. The fourth-order valence-electron chi connectivity index (χ4n) is 1.64. The van der Waals surface area contributed by atoms with E-state index in [-0.39, 0.29) is 5.41 Å². The van der Waals surface area contributed by atoms with E-state index in [2.05, 4.69) is 19.9 Å². The van der Waals surface area contributed by atoms with Gasteiger partial charge in [0, 0.05) is 17.0 Å². The predicted octanol–water partition coefficient (Wildman–Crippen LogP) is 2.37. The molecule has 0 radical (unpaired) electrons. The first-order valence-corrected chi connectivity index (χ1v) is 4.45. The standard InChI is InChI=1S/C11H14O2/c1-11(2)7-13-10-6-8(12-3)4-5-9(10)11/h4-6H,7H2,1-3H3. The molecule has 1 aromatic carbocycles. The van der Waals surface area contributed by atoms with Crippen molar-refractivity contribution in [1.29, 1.82) is 0 Å². The molecule has 2 rings (SSSR count). The minimum Gasteiger partial charge on any atom is -0.497 e. The van der Waals surface area contributed by atoms with Crippen LogP contribution in [0.1, 0.15) is 19.4 Å². The van der Waals surface area contributed by atoms with Gasteiger partial charge < -0.3 is 9.47 Å². The lowest BCUT2D eigenvalue weighted by molar-refractivity contribution is 0.290. The van der Waals surface area contributed by atoms with Crippen LogP contribution in [0.4, 0.5) is 0 Å². The van der Waals surface area contributed by atoms with Gasteiger partial charge in [0.1, 0.15) is 11.5 Å². The number of hydrogen-bond donors (Lipinski definition) is 0. The zero-order valence-corrected chi connectivity index (χ0v) is 8.26. The second kappa shape index (κ2) is 2.66.